The van der Waals surface area contributed by atoms with Crippen LogP contribution in [0.25, 0.3) is 0 Å². The summed E-state index contributed by atoms with van der Waals surface area (Å²) < 4.78 is 31.6. The maximum Gasteiger partial charge on any atom is 0.668 e. The van der Waals surface area contributed by atoms with E-state index >= 15 is 0 Å². The summed E-state index contributed by atoms with van der Waals surface area (Å²) in [6, 6.07) is 0. The van der Waals surface area contributed by atoms with Crippen molar-refractivity contribution < 1.29 is 36.7 Å². The Morgan fingerprint density at radius 3 is 0.917 bits per heavy atom. The predicted molar refractivity (Wildman–Crippen MR) is 47.3 cm³/mol. The SMILES string of the molecule is O=S(=O)(O)O.O[Si](O)(O)O.[AlH3].[MgH2]. The van der Waals surface area contributed by atoms with E-state index in [-0.39, 0.29) is 40.4 Å². The van der Waals surface area contributed by atoms with Gasteiger partial charge in [0.1, 0.15) is 0 Å². The van der Waals surface area contributed by atoms with Crippen LogP contribution in [0.2, 0.25) is 0 Å². The van der Waals surface area contributed by atoms with Crippen molar-refractivity contribution in [2.45, 2.75) is 0 Å². The van der Waals surface area contributed by atoms with Crippen LogP contribution < -0.4 is 0 Å². The first-order chi connectivity index (χ1) is 4.00. The maximum absolute atomic E-state index is 8.74. The minimum absolute atomic E-state index is 0. The Morgan fingerprint density at radius 1 is 0.917 bits per heavy atom. The molecule has 0 aliphatic heterocycles. The molecule has 12 heteroatoms. The number of rotatable bonds is 0. The van der Waals surface area contributed by atoms with Crippen LogP contribution in [-0.4, -0.2) is 86.2 Å². The fraction of sp³-hybridized carbons (Fsp3) is 0. The molecule has 0 radical (unpaired) electrons. The lowest BCUT2D eigenvalue weighted by Gasteiger charge is -1.91. The third-order valence-corrected chi connectivity index (χ3v) is 0. The molecular formula is H11AlMgO8SSi. The molecule has 74 valence electrons. The first kappa shape index (κ1) is 23.2. The van der Waals surface area contributed by atoms with Gasteiger partial charge in [-0.15, -0.1) is 0 Å². The van der Waals surface area contributed by atoms with E-state index < -0.39 is 19.4 Å². The van der Waals surface area contributed by atoms with Gasteiger partial charge < -0.3 is 19.2 Å². The zero-order valence-electron chi connectivity index (χ0n) is 4.41. The molecule has 0 unspecified atom stereocenters. The van der Waals surface area contributed by atoms with Crippen molar-refractivity contribution >= 4 is 59.9 Å². The summed E-state index contributed by atoms with van der Waals surface area (Å²) in [4.78, 5) is 29.3. The summed E-state index contributed by atoms with van der Waals surface area (Å²) in [5.41, 5.74) is 0. The fourth-order valence-electron chi connectivity index (χ4n) is 0. The highest BCUT2D eigenvalue weighted by atomic mass is 32.3. The third kappa shape index (κ3) is 781. The van der Waals surface area contributed by atoms with Crippen molar-refractivity contribution in [1.29, 1.82) is 0 Å². The molecule has 0 aromatic rings. The van der Waals surface area contributed by atoms with Crippen molar-refractivity contribution in [3.05, 3.63) is 0 Å². The van der Waals surface area contributed by atoms with E-state index in [9.17, 15) is 0 Å². The highest BCUT2D eigenvalue weighted by molar-refractivity contribution is 7.79. The van der Waals surface area contributed by atoms with Crippen LogP contribution in [0.4, 0.5) is 0 Å². The Bertz CT molecular complexity index is 154. The molecular weight excluding hydrogens is 239 g/mol. The van der Waals surface area contributed by atoms with Gasteiger partial charge in [0.25, 0.3) is 0 Å². The molecule has 0 aromatic heterocycles. The lowest BCUT2D eigenvalue weighted by atomic mass is 15.7. The van der Waals surface area contributed by atoms with Gasteiger partial charge in [0, 0.05) is 0 Å². The molecule has 12 heavy (non-hydrogen) atoms. The second-order valence-electron chi connectivity index (χ2n) is 1.05. The van der Waals surface area contributed by atoms with Crippen LogP contribution in [0.15, 0.2) is 0 Å². The van der Waals surface area contributed by atoms with Gasteiger partial charge in [-0.05, 0) is 0 Å². The predicted octanol–water partition coefficient (Wildman–Crippen LogP) is -5.36. The molecule has 0 saturated heterocycles. The molecule has 0 aromatic carbocycles. The molecule has 0 rings (SSSR count). The fourth-order valence-corrected chi connectivity index (χ4v) is 0. The van der Waals surface area contributed by atoms with Gasteiger partial charge >= 0.3 is 42.5 Å². The van der Waals surface area contributed by atoms with Crippen molar-refractivity contribution in [1.82, 2.24) is 0 Å². The topological polar surface area (TPSA) is 156 Å². The van der Waals surface area contributed by atoms with Gasteiger partial charge in [-0.25, -0.2) is 0 Å². The third-order valence-electron chi connectivity index (χ3n) is 0. The van der Waals surface area contributed by atoms with Crippen LogP contribution >= 0.6 is 0 Å². The van der Waals surface area contributed by atoms with Crippen molar-refractivity contribution in [2.75, 3.05) is 0 Å². The zero-order chi connectivity index (χ0) is 9.00. The summed E-state index contributed by atoms with van der Waals surface area (Å²) in [6.07, 6.45) is 0. The molecule has 0 bridgehead atoms. The van der Waals surface area contributed by atoms with E-state index in [2.05, 4.69) is 0 Å². The van der Waals surface area contributed by atoms with Crippen molar-refractivity contribution in [2.24, 2.45) is 0 Å². The highest BCUT2D eigenvalue weighted by Gasteiger charge is 2.22. The Balaban J connectivity index is -0.0000000457. The summed E-state index contributed by atoms with van der Waals surface area (Å²) in [7, 11) is -9.28. The van der Waals surface area contributed by atoms with Crippen molar-refractivity contribution in [3.8, 4) is 0 Å². The quantitative estimate of drug-likeness (QED) is 0.184. The number of hydrogen-bond acceptors (Lipinski definition) is 6. The Labute approximate surface area is 96.2 Å². The lowest BCUT2D eigenvalue weighted by Crippen LogP contribution is -2.33. The molecule has 0 atom stereocenters. The molecule has 8 nitrogen and oxygen atoms in total. The minimum atomic E-state index is -4.67. The van der Waals surface area contributed by atoms with E-state index in [0.29, 0.717) is 0 Å². The zero-order valence-corrected chi connectivity index (χ0v) is 6.22. The normalized spacial score (nSPS) is 9.83. The molecule has 0 fully saturated rings. The Morgan fingerprint density at radius 2 is 0.917 bits per heavy atom. The maximum atomic E-state index is 8.74. The van der Waals surface area contributed by atoms with Crippen LogP contribution in [0.3, 0.4) is 0 Å². The number of hydrogen-bond donors (Lipinski definition) is 6. The average Bonchev–Trinajstić information content (AvgIpc) is 1.12. The molecule has 0 heterocycles. The van der Waals surface area contributed by atoms with Gasteiger partial charge in [-0.3, -0.25) is 9.11 Å². The second-order valence-corrected chi connectivity index (χ2v) is 3.14. The van der Waals surface area contributed by atoms with Gasteiger partial charge in [-0.2, -0.15) is 8.42 Å². The molecule has 0 spiro atoms. The largest absolute Gasteiger partial charge is 0.668 e. The van der Waals surface area contributed by atoms with Crippen LogP contribution in [0.5, 0.6) is 0 Å². The van der Waals surface area contributed by atoms with E-state index in [1.54, 1.807) is 0 Å². The molecule has 0 amide bonds. The van der Waals surface area contributed by atoms with E-state index in [1.165, 1.54) is 0 Å². The summed E-state index contributed by atoms with van der Waals surface area (Å²) in [5.74, 6) is 0. The molecule has 6 N–H and O–H groups in total. The van der Waals surface area contributed by atoms with Crippen LogP contribution in [-0.2, 0) is 10.4 Å². The van der Waals surface area contributed by atoms with Crippen LogP contribution in [0, 0.1) is 0 Å². The van der Waals surface area contributed by atoms with E-state index in [4.69, 9.17) is 36.7 Å². The minimum Gasteiger partial charge on any atom is -0.368 e. The standard InChI is InChI=1S/Al.Mg.H2O4S.H4O4Si.5H/c;;2*1-5(2,3)4;;;;;/h;;(H2,1,2,3,4);1-4H;;;;;. The lowest BCUT2D eigenvalue weighted by molar-refractivity contribution is 0.117. The van der Waals surface area contributed by atoms with Crippen molar-refractivity contribution in [3.63, 3.8) is 0 Å². The summed E-state index contributed by atoms with van der Waals surface area (Å²) >= 11 is 0. The second kappa shape index (κ2) is 8.81. The van der Waals surface area contributed by atoms with Crippen LogP contribution in [0.1, 0.15) is 0 Å². The molecule has 0 aliphatic carbocycles. The highest BCUT2D eigenvalue weighted by Crippen LogP contribution is 1.67. The Hall–Kier alpha value is 1.23. The molecule has 0 aliphatic rings. The van der Waals surface area contributed by atoms with Gasteiger partial charge in [-0.1, -0.05) is 0 Å². The van der Waals surface area contributed by atoms with E-state index in [1.807, 2.05) is 0 Å². The average molecular weight is 251 g/mol. The van der Waals surface area contributed by atoms with Gasteiger partial charge in [0.15, 0.2) is 17.4 Å². The Kier molecular flexibility index (Phi) is 17.0. The summed E-state index contributed by atoms with van der Waals surface area (Å²) in [5, 5.41) is 0. The monoisotopic (exact) mass is 250 g/mol. The summed E-state index contributed by atoms with van der Waals surface area (Å²) in [6.45, 7) is 0. The molecule has 0 saturated carbocycles. The van der Waals surface area contributed by atoms with E-state index in [0.717, 1.165) is 0 Å². The first-order valence-electron chi connectivity index (χ1n) is 1.59. The van der Waals surface area contributed by atoms with Gasteiger partial charge in [0.05, 0.1) is 0 Å². The van der Waals surface area contributed by atoms with Gasteiger partial charge in [0.2, 0.25) is 0 Å². The first-order valence-corrected chi connectivity index (χ1v) is 4.78. The smallest absolute Gasteiger partial charge is 0.368 e.